The maximum absolute atomic E-state index is 11.7. The number of pyridine rings is 1. The lowest BCUT2D eigenvalue weighted by molar-refractivity contribution is 0.0515. The van der Waals surface area contributed by atoms with Crippen molar-refractivity contribution in [2.75, 3.05) is 7.11 Å². The highest BCUT2D eigenvalue weighted by molar-refractivity contribution is 6.31. The SMILES string of the molecule is COc1ccc(Cl)cc1/C(N)=N/OC(=O)c1cccnc1. The first kappa shape index (κ1) is 14.8. The lowest BCUT2D eigenvalue weighted by Crippen LogP contribution is -2.16. The zero-order chi connectivity index (χ0) is 15.2. The molecule has 0 bridgehead atoms. The van der Waals surface area contributed by atoms with Gasteiger partial charge in [0.2, 0.25) is 0 Å². The van der Waals surface area contributed by atoms with Gasteiger partial charge in [0.05, 0.1) is 18.2 Å². The molecule has 2 rings (SSSR count). The Morgan fingerprint density at radius 2 is 2.19 bits per heavy atom. The summed E-state index contributed by atoms with van der Waals surface area (Å²) < 4.78 is 5.14. The van der Waals surface area contributed by atoms with Gasteiger partial charge in [-0.2, -0.15) is 0 Å². The van der Waals surface area contributed by atoms with Crippen LogP contribution in [0.3, 0.4) is 0 Å². The van der Waals surface area contributed by atoms with Crippen molar-refractivity contribution in [3.63, 3.8) is 0 Å². The molecule has 2 N–H and O–H groups in total. The second kappa shape index (κ2) is 6.71. The molecule has 7 heteroatoms. The van der Waals surface area contributed by atoms with Gasteiger partial charge in [-0.25, -0.2) is 4.79 Å². The summed E-state index contributed by atoms with van der Waals surface area (Å²) in [6.07, 6.45) is 2.92. The van der Waals surface area contributed by atoms with Crippen LogP contribution in [-0.4, -0.2) is 23.9 Å². The molecule has 0 spiro atoms. The molecule has 1 aromatic carbocycles. The van der Waals surface area contributed by atoms with Crippen LogP contribution in [0.2, 0.25) is 5.02 Å². The fraction of sp³-hybridized carbons (Fsp3) is 0.0714. The first-order valence-corrected chi connectivity index (χ1v) is 6.28. The number of halogens is 1. The highest BCUT2D eigenvalue weighted by Crippen LogP contribution is 2.22. The third kappa shape index (κ3) is 3.70. The molecule has 0 unspecified atom stereocenters. The molecule has 0 saturated carbocycles. The summed E-state index contributed by atoms with van der Waals surface area (Å²) in [7, 11) is 1.49. The van der Waals surface area contributed by atoms with E-state index >= 15 is 0 Å². The largest absolute Gasteiger partial charge is 0.496 e. The maximum atomic E-state index is 11.7. The number of carbonyl (C=O) groups excluding carboxylic acids is 1. The van der Waals surface area contributed by atoms with Gasteiger partial charge >= 0.3 is 5.97 Å². The molecule has 0 atom stereocenters. The highest BCUT2D eigenvalue weighted by atomic mass is 35.5. The number of nitrogens with zero attached hydrogens (tertiary/aromatic N) is 2. The number of rotatable bonds is 4. The van der Waals surface area contributed by atoms with Crippen LogP contribution in [-0.2, 0) is 4.84 Å². The molecule has 0 saturated heterocycles. The van der Waals surface area contributed by atoms with Crippen LogP contribution >= 0.6 is 11.6 Å². The summed E-state index contributed by atoms with van der Waals surface area (Å²) in [6, 6.07) is 8.03. The normalized spacial score (nSPS) is 11.0. The van der Waals surface area contributed by atoms with Crippen LogP contribution in [0.15, 0.2) is 47.9 Å². The van der Waals surface area contributed by atoms with Gasteiger partial charge in [0.25, 0.3) is 0 Å². The summed E-state index contributed by atoms with van der Waals surface area (Å²) in [5.74, 6) is -0.211. The van der Waals surface area contributed by atoms with E-state index < -0.39 is 5.97 Å². The summed E-state index contributed by atoms with van der Waals surface area (Å²) in [6.45, 7) is 0. The number of carbonyl (C=O) groups is 1. The van der Waals surface area contributed by atoms with Gasteiger partial charge in [-0.15, -0.1) is 0 Å². The third-order valence-corrected chi connectivity index (χ3v) is 2.80. The number of amidine groups is 1. The first-order chi connectivity index (χ1) is 10.1. The Morgan fingerprint density at radius 1 is 1.38 bits per heavy atom. The highest BCUT2D eigenvalue weighted by Gasteiger charge is 2.11. The Balaban J connectivity index is 2.18. The number of nitrogens with two attached hydrogens (primary N) is 1. The van der Waals surface area contributed by atoms with Gasteiger partial charge < -0.3 is 15.3 Å². The van der Waals surface area contributed by atoms with Crippen LogP contribution < -0.4 is 10.5 Å². The van der Waals surface area contributed by atoms with Crippen molar-refractivity contribution in [1.29, 1.82) is 0 Å². The van der Waals surface area contributed by atoms with Gasteiger partial charge in [-0.3, -0.25) is 4.98 Å². The third-order valence-electron chi connectivity index (χ3n) is 2.56. The van der Waals surface area contributed by atoms with Crippen molar-refractivity contribution < 1.29 is 14.4 Å². The summed E-state index contributed by atoms with van der Waals surface area (Å²) in [5, 5.41) is 4.06. The van der Waals surface area contributed by atoms with Crippen molar-refractivity contribution in [3.05, 3.63) is 58.9 Å². The molecule has 0 aliphatic carbocycles. The standard InChI is InChI=1S/C14H12ClN3O3/c1-20-12-5-4-10(15)7-11(12)13(16)18-21-14(19)9-3-2-6-17-8-9/h2-8H,1H3,(H2,16,18). The molecule has 0 fully saturated rings. The molecular weight excluding hydrogens is 294 g/mol. The van der Waals surface area contributed by atoms with Crippen molar-refractivity contribution in [2.24, 2.45) is 10.9 Å². The Morgan fingerprint density at radius 3 is 2.86 bits per heavy atom. The molecule has 0 radical (unpaired) electrons. The summed E-state index contributed by atoms with van der Waals surface area (Å²) in [5.41, 5.74) is 6.49. The second-order valence-corrected chi connectivity index (χ2v) is 4.38. The number of hydrogen-bond acceptors (Lipinski definition) is 5. The minimum absolute atomic E-state index is 0.0217. The van der Waals surface area contributed by atoms with Gasteiger partial charge in [0, 0.05) is 17.4 Å². The topological polar surface area (TPSA) is 86.8 Å². The molecule has 0 aliphatic rings. The predicted molar refractivity (Wildman–Crippen MR) is 78.4 cm³/mol. The molecule has 1 heterocycles. The lowest BCUT2D eigenvalue weighted by atomic mass is 10.2. The molecule has 0 amide bonds. The molecule has 6 nitrogen and oxygen atoms in total. The molecule has 1 aromatic heterocycles. The van der Waals surface area contributed by atoms with E-state index in [1.165, 1.54) is 13.3 Å². The lowest BCUT2D eigenvalue weighted by Gasteiger charge is -2.07. The van der Waals surface area contributed by atoms with E-state index in [4.69, 9.17) is 26.9 Å². The fourth-order valence-electron chi connectivity index (χ4n) is 1.56. The van der Waals surface area contributed by atoms with Crippen LogP contribution in [0.5, 0.6) is 5.75 Å². The Labute approximate surface area is 126 Å². The Kier molecular flexibility index (Phi) is 4.73. The second-order valence-electron chi connectivity index (χ2n) is 3.94. The van der Waals surface area contributed by atoms with Crippen molar-refractivity contribution in [1.82, 2.24) is 4.98 Å². The first-order valence-electron chi connectivity index (χ1n) is 5.90. The molecule has 2 aromatic rings. The van der Waals surface area contributed by atoms with E-state index in [0.717, 1.165) is 0 Å². The molecule has 108 valence electrons. The van der Waals surface area contributed by atoms with Crippen LogP contribution in [0.4, 0.5) is 0 Å². The molecule has 0 aliphatic heterocycles. The van der Waals surface area contributed by atoms with E-state index in [9.17, 15) is 4.79 Å². The van der Waals surface area contributed by atoms with E-state index in [-0.39, 0.29) is 11.4 Å². The van der Waals surface area contributed by atoms with Crippen molar-refractivity contribution >= 4 is 23.4 Å². The average Bonchev–Trinajstić information content (AvgIpc) is 2.53. The van der Waals surface area contributed by atoms with E-state index in [0.29, 0.717) is 16.3 Å². The van der Waals surface area contributed by atoms with Crippen LogP contribution in [0.25, 0.3) is 0 Å². The quantitative estimate of drug-likeness (QED) is 0.405. The number of hydrogen-bond donors (Lipinski definition) is 1. The van der Waals surface area contributed by atoms with E-state index in [1.807, 2.05) is 0 Å². The number of ether oxygens (including phenoxy) is 1. The Bertz CT molecular complexity index is 674. The number of methoxy groups -OCH3 is 1. The number of benzene rings is 1. The maximum Gasteiger partial charge on any atom is 0.367 e. The van der Waals surface area contributed by atoms with Crippen LogP contribution in [0.1, 0.15) is 15.9 Å². The molecular formula is C14H12ClN3O3. The minimum atomic E-state index is -0.660. The fourth-order valence-corrected chi connectivity index (χ4v) is 1.73. The minimum Gasteiger partial charge on any atom is -0.496 e. The van der Waals surface area contributed by atoms with Gasteiger partial charge in [-0.05, 0) is 30.3 Å². The van der Waals surface area contributed by atoms with Crippen molar-refractivity contribution in [2.45, 2.75) is 0 Å². The van der Waals surface area contributed by atoms with E-state index in [1.54, 1.807) is 36.5 Å². The summed E-state index contributed by atoms with van der Waals surface area (Å²) in [4.78, 5) is 20.3. The van der Waals surface area contributed by atoms with E-state index in [2.05, 4.69) is 10.1 Å². The van der Waals surface area contributed by atoms with Crippen LogP contribution in [0, 0.1) is 0 Å². The number of aromatic nitrogens is 1. The van der Waals surface area contributed by atoms with Gasteiger partial charge in [-0.1, -0.05) is 16.8 Å². The zero-order valence-corrected chi connectivity index (χ0v) is 11.9. The van der Waals surface area contributed by atoms with Gasteiger partial charge in [0.1, 0.15) is 5.75 Å². The van der Waals surface area contributed by atoms with Gasteiger partial charge in [0.15, 0.2) is 5.84 Å². The Hall–Kier alpha value is -2.60. The molecule has 21 heavy (non-hydrogen) atoms. The summed E-state index contributed by atoms with van der Waals surface area (Å²) >= 11 is 5.89. The predicted octanol–water partition coefficient (Wildman–Crippen LogP) is 2.22. The zero-order valence-electron chi connectivity index (χ0n) is 11.1. The van der Waals surface area contributed by atoms with Crippen molar-refractivity contribution in [3.8, 4) is 5.75 Å². The monoisotopic (exact) mass is 305 g/mol. The smallest absolute Gasteiger partial charge is 0.367 e. The number of oxime groups is 1. The average molecular weight is 306 g/mol.